The quantitative estimate of drug-likeness (QED) is 0.512. The van der Waals surface area contributed by atoms with Crippen molar-refractivity contribution in [2.75, 3.05) is 5.73 Å². The molecule has 2 N–H and O–H groups in total. The highest BCUT2D eigenvalue weighted by molar-refractivity contribution is 7.98. The Kier molecular flexibility index (Phi) is 4.38. The summed E-state index contributed by atoms with van der Waals surface area (Å²) in [4.78, 5) is 5.19. The molecule has 5 heteroatoms. The van der Waals surface area contributed by atoms with Gasteiger partial charge in [0.05, 0.1) is 0 Å². The van der Waals surface area contributed by atoms with Gasteiger partial charge in [-0.15, -0.1) is 11.8 Å². The molecule has 0 spiro atoms. The SMILES string of the molecule is Cc1ccc(N)cc1SCc1cnc(Cl)cc1Cl. The average Bonchev–Trinajstić information content (AvgIpc) is 2.32. The van der Waals surface area contributed by atoms with E-state index in [0.717, 1.165) is 21.9 Å². The summed E-state index contributed by atoms with van der Waals surface area (Å²) in [5.41, 5.74) is 8.71. The third-order valence-electron chi connectivity index (χ3n) is 2.49. The number of hydrogen-bond donors (Lipinski definition) is 1. The lowest BCUT2D eigenvalue weighted by molar-refractivity contribution is 1.24. The largest absolute Gasteiger partial charge is 0.399 e. The summed E-state index contributed by atoms with van der Waals surface area (Å²) in [5, 5.41) is 1.05. The number of pyridine rings is 1. The van der Waals surface area contributed by atoms with Crippen LogP contribution in [0.4, 0.5) is 5.69 Å². The normalized spacial score (nSPS) is 10.6. The second kappa shape index (κ2) is 5.83. The smallest absolute Gasteiger partial charge is 0.130 e. The Balaban J connectivity index is 2.13. The van der Waals surface area contributed by atoms with Gasteiger partial charge in [-0.2, -0.15) is 0 Å². The molecule has 2 rings (SSSR count). The minimum atomic E-state index is 0.411. The highest BCUT2D eigenvalue weighted by Crippen LogP contribution is 2.30. The molecule has 1 aromatic heterocycles. The van der Waals surface area contributed by atoms with E-state index < -0.39 is 0 Å². The van der Waals surface area contributed by atoms with E-state index in [1.165, 1.54) is 5.56 Å². The number of nitrogen functional groups attached to an aromatic ring is 1. The van der Waals surface area contributed by atoms with E-state index in [0.29, 0.717) is 10.2 Å². The summed E-state index contributed by atoms with van der Waals surface area (Å²) >= 11 is 13.6. The van der Waals surface area contributed by atoms with Gasteiger partial charge in [-0.3, -0.25) is 0 Å². The molecule has 18 heavy (non-hydrogen) atoms. The van der Waals surface area contributed by atoms with Crippen molar-refractivity contribution in [3.63, 3.8) is 0 Å². The Labute approximate surface area is 121 Å². The molecule has 94 valence electrons. The summed E-state index contributed by atoms with van der Waals surface area (Å²) < 4.78 is 0. The number of thioether (sulfide) groups is 1. The van der Waals surface area contributed by atoms with Crippen LogP contribution < -0.4 is 5.73 Å². The zero-order valence-corrected chi connectivity index (χ0v) is 12.1. The standard InChI is InChI=1S/C13H12Cl2N2S/c1-8-2-3-10(16)4-12(8)18-7-9-6-17-13(15)5-11(9)14/h2-6H,7,16H2,1H3. The molecule has 0 amide bonds. The number of anilines is 1. The van der Waals surface area contributed by atoms with E-state index in [2.05, 4.69) is 11.9 Å². The van der Waals surface area contributed by atoms with Crippen molar-refractivity contribution in [1.29, 1.82) is 0 Å². The zero-order chi connectivity index (χ0) is 13.1. The number of benzene rings is 1. The fraction of sp³-hybridized carbons (Fsp3) is 0.154. The number of aromatic nitrogens is 1. The zero-order valence-electron chi connectivity index (χ0n) is 9.78. The van der Waals surface area contributed by atoms with E-state index >= 15 is 0 Å². The number of rotatable bonds is 3. The van der Waals surface area contributed by atoms with E-state index in [-0.39, 0.29) is 0 Å². The van der Waals surface area contributed by atoms with Crippen LogP contribution in [-0.4, -0.2) is 4.98 Å². The summed E-state index contributed by atoms with van der Waals surface area (Å²) in [7, 11) is 0. The van der Waals surface area contributed by atoms with Crippen LogP contribution in [-0.2, 0) is 5.75 Å². The third kappa shape index (κ3) is 3.31. The fourth-order valence-corrected chi connectivity index (χ4v) is 3.04. The number of nitrogens with two attached hydrogens (primary N) is 1. The molecule has 2 aromatic rings. The molecular formula is C13H12Cl2N2S. The van der Waals surface area contributed by atoms with Crippen molar-refractivity contribution < 1.29 is 0 Å². The molecule has 0 aliphatic carbocycles. The maximum Gasteiger partial charge on any atom is 0.130 e. The molecule has 0 aliphatic heterocycles. The van der Waals surface area contributed by atoms with Crippen LogP contribution in [0.3, 0.4) is 0 Å². The van der Waals surface area contributed by atoms with Crippen molar-refractivity contribution in [2.24, 2.45) is 0 Å². The van der Waals surface area contributed by atoms with Crippen LogP contribution in [0, 0.1) is 6.92 Å². The first-order chi connectivity index (χ1) is 8.56. The van der Waals surface area contributed by atoms with Crippen LogP contribution in [0.2, 0.25) is 10.2 Å². The maximum atomic E-state index is 6.10. The third-order valence-corrected chi connectivity index (χ3v) is 4.26. The summed E-state index contributed by atoms with van der Waals surface area (Å²) in [6, 6.07) is 7.54. The molecule has 0 saturated heterocycles. The number of halogens is 2. The highest BCUT2D eigenvalue weighted by Gasteiger charge is 2.05. The van der Waals surface area contributed by atoms with Gasteiger partial charge >= 0.3 is 0 Å². The lowest BCUT2D eigenvalue weighted by Crippen LogP contribution is -1.89. The number of aryl methyl sites for hydroxylation is 1. The van der Waals surface area contributed by atoms with Gasteiger partial charge in [0.1, 0.15) is 5.15 Å². The Morgan fingerprint density at radius 1 is 1.28 bits per heavy atom. The summed E-state index contributed by atoms with van der Waals surface area (Å²) in [6.45, 7) is 2.06. The van der Waals surface area contributed by atoms with Gasteiger partial charge in [0.25, 0.3) is 0 Å². The molecule has 1 heterocycles. The van der Waals surface area contributed by atoms with Gasteiger partial charge in [0, 0.05) is 27.6 Å². The molecule has 0 atom stereocenters. The first kappa shape index (κ1) is 13.5. The molecule has 2 nitrogen and oxygen atoms in total. The highest BCUT2D eigenvalue weighted by atomic mass is 35.5. The topological polar surface area (TPSA) is 38.9 Å². The van der Waals surface area contributed by atoms with Crippen molar-refractivity contribution in [1.82, 2.24) is 4.98 Å². The first-order valence-corrected chi connectivity index (χ1v) is 7.09. The Morgan fingerprint density at radius 2 is 2.06 bits per heavy atom. The molecule has 0 saturated carbocycles. The Morgan fingerprint density at radius 3 is 2.78 bits per heavy atom. The van der Waals surface area contributed by atoms with Gasteiger partial charge in [0.15, 0.2) is 0 Å². The minimum absolute atomic E-state index is 0.411. The first-order valence-electron chi connectivity index (χ1n) is 5.35. The monoisotopic (exact) mass is 298 g/mol. The summed E-state index contributed by atoms with van der Waals surface area (Å²) in [5.74, 6) is 0.743. The van der Waals surface area contributed by atoms with Crippen molar-refractivity contribution in [2.45, 2.75) is 17.6 Å². The van der Waals surface area contributed by atoms with Gasteiger partial charge in [-0.25, -0.2) is 4.98 Å². The molecule has 0 radical (unpaired) electrons. The van der Waals surface area contributed by atoms with E-state index in [1.54, 1.807) is 24.0 Å². The molecule has 0 aliphatic rings. The second-order valence-corrected chi connectivity index (χ2v) is 5.72. The van der Waals surface area contributed by atoms with E-state index in [4.69, 9.17) is 28.9 Å². The molecule has 1 aromatic carbocycles. The van der Waals surface area contributed by atoms with Crippen molar-refractivity contribution in [3.05, 3.63) is 51.8 Å². The van der Waals surface area contributed by atoms with Crippen molar-refractivity contribution >= 4 is 40.7 Å². The predicted octanol–water partition coefficient (Wildman–Crippen LogP) is 4.57. The van der Waals surface area contributed by atoms with Gasteiger partial charge < -0.3 is 5.73 Å². The van der Waals surface area contributed by atoms with Gasteiger partial charge in [-0.1, -0.05) is 29.3 Å². The lowest BCUT2D eigenvalue weighted by Gasteiger charge is -2.07. The Bertz CT molecular complexity index is 573. The van der Waals surface area contributed by atoms with E-state index in [9.17, 15) is 0 Å². The van der Waals surface area contributed by atoms with E-state index in [1.807, 2.05) is 18.2 Å². The van der Waals surface area contributed by atoms with Gasteiger partial charge in [0.2, 0.25) is 0 Å². The predicted molar refractivity (Wildman–Crippen MR) is 79.4 cm³/mol. The maximum absolute atomic E-state index is 6.10. The minimum Gasteiger partial charge on any atom is -0.399 e. The Hall–Kier alpha value is -0.900. The van der Waals surface area contributed by atoms with Crippen LogP contribution in [0.5, 0.6) is 0 Å². The number of hydrogen-bond acceptors (Lipinski definition) is 3. The van der Waals surface area contributed by atoms with Crippen LogP contribution in [0.1, 0.15) is 11.1 Å². The van der Waals surface area contributed by atoms with Crippen LogP contribution >= 0.6 is 35.0 Å². The fourth-order valence-electron chi connectivity index (χ4n) is 1.47. The van der Waals surface area contributed by atoms with Crippen molar-refractivity contribution in [3.8, 4) is 0 Å². The van der Waals surface area contributed by atoms with Crippen LogP contribution in [0.15, 0.2) is 35.4 Å². The molecule has 0 unspecified atom stereocenters. The molecular weight excluding hydrogens is 287 g/mol. The second-order valence-electron chi connectivity index (χ2n) is 3.91. The average molecular weight is 299 g/mol. The summed E-state index contributed by atoms with van der Waals surface area (Å²) in [6.07, 6.45) is 1.71. The number of nitrogens with zero attached hydrogens (tertiary/aromatic N) is 1. The molecule has 0 fully saturated rings. The molecule has 0 bridgehead atoms. The van der Waals surface area contributed by atoms with Crippen LogP contribution in [0.25, 0.3) is 0 Å². The van der Waals surface area contributed by atoms with Gasteiger partial charge in [-0.05, 0) is 36.2 Å². The lowest BCUT2D eigenvalue weighted by atomic mass is 10.2.